The summed E-state index contributed by atoms with van der Waals surface area (Å²) in [5.74, 6) is 0.746. The maximum absolute atomic E-state index is 12.1. The number of rotatable bonds is 7. The predicted octanol–water partition coefficient (Wildman–Crippen LogP) is 2.78. The van der Waals surface area contributed by atoms with Crippen LogP contribution in [0.4, 0.5) is 5.82 Å². The summed E-state index contributed by atoms with van der Waals surface area (Å²) in [4.78, 5) is 18.2. The molecule has 0 unspecified atom stereocenters. The Bertz CT molecular complexity index is 379. The van der Waals surface area contributed by atoms with Crippen LogP contribution in [0.3, 0.4) is 0 Å². The topological polar surface area (TPSA) is 45.2 Å². The van der Waals surface area contributed by atoms with Crippen LogP contribution in [-0.2, 0) is 0 Å². The highest BCUT2D eigenvalue weighted by atomic mass is 16.2. The van der Waals surface area contributed by atoms with E-state index in [-0.39, 0.29) is 5.91 Å². The van der Waals surface area contributed by atoms with Gasteiger partial charge < -0.3 is 10.2 Å². The van der Waals surface area contributed by atoms with Crippen LogP contribution >= 0.6 is 0 Å². The second-order valence-electron chi connectivity index (χ2n) is 4.37. The molecule has 0 aliphatic heterocycles. The molecule has 1 amide bonds. The van der Waals surface area contributed by atoms with Crippen molar-refractivity contribution in [1.29, 1.82) is 0 Å². The molecule has 1 aromatic heterocycles. The Hall–Kier alpha value is -1.58. The highest BCUT2D eigenvalue weighted by Gasteiger charge is 2.12. The van der Waals surface area contributed by atoms with Crippen LogP contribution in [0.5, 0.6) is 0 Å². The van der Waals surface area contributed by atoms with Gasteiger partial charge in [0.25, 0.3) is 5.91 Å². The lowest BCUT2D eigenvalue weighted by Crippen LogP contribution is -2.28. The van der Waals surface area contributed by atoms with Gasteiger partial charge in [0.05, 0.1) is 0 Å². The predicted molar refractivity (Wildman–Crippen MR) is 74.9 cm³/mol. The molecule has 0 aromatic carbocycles. The van der Waals surface area contributed by atoms with Crippen LogP contribution in [0.2, 0.25) is 0 Å². The molecule has 1 N–H and O–H groups in total. The Labute approximate surface area is 109 Å². The fourth-order valence-electron chi connectivity index (χ4n) is 1.73. The molecule has 1 aromatic rings. The van der Waals surface area contributed by atoms with E-state index in [1.54, 1.807) is 11.0 Å². The zero-order chi connectivity index (χ0) is 13.4. The maximum atomic E-state index is 12.1. The number of anilines is 1. The first-order chi connectivity index (χ1) is 8.69. The van der Waals surface area contributed by atoms with Crippen LogP contribution in [-0.4, -0.2) is 35.9 Å². The summed E-state index contributed by atoms with van der Waals surface area (Å²) in [6.07, 6.45) is 3.37. The normalized spacial score (nSPS) is 10.2. The lowest BCUT2D eigenvalue weighted by Gasteiger charge is -2.16. The molecule has 0 radical (unpaired) electrons. The molecule has 1 heterocycles. The van der Waals surface area contributed by atoms with Crippen LogP contribution < -0.4 is 5.32 Å². The van der Waals surface area contributed by atoms with Gasteiger partial charge in [0.2, 0.25) is 0 Å². The zero-order valence-corrected chi connectivity index (χ0v) is 11.6. The summed E-state index contributed by atoms with van der Waals surface area (Å²) in [6, 6.07) is 5.50. The number of carbonyl (C=O) groups excluding carboxylic acids is 1. The fraction of sp³-hybridized carbons (Fsp3) is 0.571. The lowest BCUT2D eigenvalue weighted by atomic mass is 10.2. The average Bonchev–Trinajstić information content (AvgIpc) is 2.39. The fourth-order valence-corrected chi connectivity index (χ4v) is 1.73. The highest BCUT2D eigenvalue weighted by Crippen LogP contribution is 2.07. The first-order valence-electron chi connectivity index (χ1n) is 6.65. The van der Waals surface area contributed by atoms with Crippen molar-refractivity contribution in [2.75, 3.05) is 25.5 Å². The summed E-state index contributed by atoms with van der Waals surface area (Å²) in [5, 5.41) is 3.11. The first-order valence-corrected chi connectivity index (χ1v) is 6.65. The van der Waals surface area contributed by atoms with Crippen molar-refractivity contribution in [3.05, 3.63) is 23.9 Å². The van der Waals surface area contributed by atoms with Crippen molar-refractivity contribution in [3.63, 3.8) is 0 Å². The number of carbonyl (C=O) groups is 1. The minimum atomic E-state index is -0.00847. The molecule has 4 heteroatoms. The molecule has 1 rings (SSSR count). The second-order valence-corrected chi connectivity index (χ2v) is 4.37. The monoisotopic (exact) mass is 249 g/mol. The van der Waals surface area contributed by atoms with Gasteiger partial charge in [-0.1, -0.05) is 25.8 Å². The Morgan fingerprint density at radius 1 is 1.33 bits per heavy atom. The van der Waals surface area contributed by atoms with Crippen LogP contribution in [0.15, 0.2) is 18.2 Å². The number of amides is 1. The minimum absolute atomic E-state index is 0.00847. The number of aromatic nitrogens is 1. The number of nitrogens with zero attached hydrogens (tertiary/aromatic N) is 2. The highest BCUT2D eigenvalue weighted by molar-refractivity contribution is 5.92. The molecule has 100 valence electrons. The number of nitrogens with one attached hydrogen (secondary N) is 1. The van der Waals surface area contributed by atoms with Crippen molar-refractivity contribution in [1.82, 2.24) is 9.88 Å². The van der Waals surface area contributed by atoms with E-state index in [0.29, 0.717) is 5.69 Å². The van der Waals surface area contributed by atoms with E-state index in [0.717, 1.165) is 38.2 Å². The second kappa shape index (κ2) is 7.69. The SMILES string of the molecule is CCCCCN(C)C(=O)c1cccc(NCC)n1. The smallest absolute Gasteiger partial charge is 0.272 e. The molecular weight excluding hydrogens is 226 g/mol. The molecule has 0 saturated carbocycles. The Kier molecular flexibility index (Phi) is 6.19. The molecule has 0 aliphatic carbocycles. The Morgan fingerprint density at radius 3 is 2.78 bits per heavy atom. The van der Waals surface area contributed by atoms with E-state index in [9.17, 15) is 4.79 Å². The third kappa shape index (κ3) is 4.35. The van der Waals surface area contributed by atoms with Gasteiger partial charge in [-0.15, -0.1) is 0 Å². The van der Waals surface area contributed by atoms with E-state index in [2.05, 4.69) is 17.2 Å². The van der Waals surface area contributed by atoms with Crippen molar-refractivity contribution in [3.8, 4) is 0 Å². The summed E-state index contributed by atoms with van der Waals surface area (Å²) in [5.41, 5.74) is 0.507. The van der Waals surface area contributed by atoms with E-state index in [1.807, 2.05) is 26.1 Å². The summed E-state index contributed by atoms with van der Waals surface area (Å²) in [6.45, 7) is 5.76. The summed E-state index contributed by atoms with van der Waals surface area (Å²) in [7, 11) is 1.83. The lowest BCUT2D eigenvalue weighted by molar-refractivity contribution is 0.0787. The Balaban J connectivity index is 2.62. The van der Waals surface area contributed by atoms with Gasteiger partial charge in [0, 0.05) is 20.1 Å². The largest absolute Gasteiger partial charge is 0.370 e. The molecule has 4 nitrogen and oxygen atoms in total. The number of hydrogen-bond donors (Lipinski definition) is 1. The third-order valence-electron chi connectivity index (χ3n) is 2.77. The van der Waals surface area contributed by atoms with Crippen molar-refractivity contribution in [2.45, 2.75) is 33.1 Å². The quantitative estimate of drug-likeness (QED) is 0.756. The van der Waals surface area contributed by atoms with Crippen molar-refractivity contribution in [2.24, 2.45) is 0 Å². The van der Waals surface area contributed by atoms with E-state index >= 15 is 0 Å². The molecule has 0 saturated heterocycles. The molecule has 0 bridgehead atoms. The van der Waals surface area contributed by atoms with E-state index in [1.165, 1.54) is 0 Å². The van der Waals surface area contributed by atoms with Crippen LogP contribution in [0.1, 0.15) is 43.6 Å². The molecule has 0 fully saturated rings. The third-order valence-corrected chi connectivity index (χ3v) is 2.77. The zero-order valence-electron chi connectivity index (χ0n) is 11.6. The summed E-state index contributed by atoms with van der Waals surface area (Å²) >= 11 is 0. The van der Waals surface area contributed by atoms with Gasteiger partial charge >= 0.3 is 0 Å². The van der Waals surface area contributed by atoms with Gasteiger partial charge in [-0.3, -0.25) is 4.79 Å². The number of hydrogen-bond acceptors (Lipinski definition) is 3. The standard InChI is InChI=1S/C14H23N3O/c1-4-6-7-11-17(3)14(18)12-9-8-10-13(16-12)15-5-2/h8-10H,4-7,11H2,1-3H3,(H,15,16). The summed E-state index contributed by atoms with van der Waals surface area (Å²) < 4.78 is 0. The molecular formula is C14H23N3O. The van der Waals surface area contributed by atoms with Gasteiger partial charge in [0.15, 0.2) is 0 Å². The molecule has 0 spiro atoms. The number of unbranched alkanes of at least 4 members (excludes halogenated alkanes) is 2. The van der Waals surface area contributed by atoms with E-state index in [4.69, 9.17) is 0 Å². The molecule has 0 atom stereocenters. The first kappa shape index (κ1) is 14.5. The van der Waals surface area contributed by atoms with Crippen LogP contribution in [0, 0.1) is 0 Å². The van der Waals surface area contributed by atoms with Gasteiger partial charge in [-0.2, -0.15) is 0 Å². The van der Waals surface area contributed by atoms with Gasteiger partial charge in [-0.25, -0.2) is 4.98 Å². The van der Waals surface area contributed by atoms with Gasteiger partial charge in [0.1, 0.15) is 11.5 Å². The van der Waals surface area contributed by atoms with Crippen LogP contribution in [0.25, 0.3) is 0 Å². The number of pyridine rings is 1. The Morgan fingerprint density at radius 2 is 2.11 bits per heavy atom. The maximum Gasteiger partial charge on any atom is 0.272 e. The van der Waals surface area contributed by atoms with Crippen molar-refractivity contribution < 1.29 is 4.79 Å². The minimum Gasteiger partial charge on any atom is -0.370 e. The van der Waals surface area contributed by atoms with E-state index < -0.39 is 0 Å². The van der Waals surface area contributed by atoms with Gasteiger partial charge in [-0.05, 0) is 25.5 Å². The average molecular weight is 249 g/mol. The molecule has 18 heavy (non-hydrogen) atoms. The molecule has 0 aliphatic rings. The van der Waals surface area contributed by atoms with Crippen molar-refractivity contribution >= 4 is 11.7 Å².